The molecule has 0 radical (unpaired) electrons. The zero-order chi connectivity index (χ0) is 25.4. The van der Waals surface area contributed by atoms with Crippen LogP contribution in [0.5, 0.6) is 0 Å². The molecule has 5 heteroatoms. The second-order valence-electron chi connectivity index (χ2n) is 12.1. The SMILES string of the molecule is CC(C)[C@H]1CC[C@@H](N2CCC3(CC2)C(=O)N(CCCCCCCCCN)CN3c2ccccc2)CC1. The lowest BCUT2D eigenvalue weighted by Gasteiger charge is -2.47. The van der Waals surface area contributed by atoms with E-state index in [2.05, 4.69) is 58.9 Å². The van der Waals surface area contributed by atoms with E-state index in [0.717, 1.165) is 76.4 Å². The van der Waals surface area contributed by atoms with Gasteiger partial charge in [0.1, 0.15) is 5.54 Å². The van der Waals surface area contributed by atoms with Gasteiger partial charge in [-0.1, -0.05) is 64.2 Å². The Morgan fingerprint density at radius 2 is 1.50 bits per heavy atom. The van der Waals surface area contributed by atoms with Crippen molar-refractivity contribution in [3.05, 3.63) is 30.3 Å². The molecule has 2 aliphatic heterocycles. The summed E-state index contributed by atoms with van der Waals surface area (Å²) in [6, 6.07) is 11.4. The molecule has 0 bridgehead atoms. The Morgan fingerprint density at radius 1 is 0.889 bits per heavy atom. The van der Waals surface area contributed by atoms with Gasteiger partial charge in [-0.15, -0.1) is 0 Å². The first kappa shape index (κ1) is 27.4. The molecule has 2 N–H and O–H groups in total. The third kappa shape index (κ3) is 6.45. The van der Waals surface area contributed by atoms with Gasteiger partial charge in [0, 0.05) is 31.4 Å². The van der Waals surface area contributed by atoms with E-state index in [4.69, 9.17) is 5.73 Å². The highest BCUT2D eigenvalue weighted by molar-refractivity contribution is 5.93. The van der Waals surface area contributed by atoms with Crippen molar-refractivity contribution in [3.8, 4) is 0 Å². The first-order valence-corrected chi connectivity index (χ1v) is 15.1. The first-order chi connectivity index (χ1) is 17.5. The van der Waals surface area contributed by atoms with Crippen LogP contribution in [0, 0.1) is 11.8 Å². The lowest BCUT2D eigenvalue weighted by atomic mass is 9.78. The summed E-state index contributed by atoms with van der Waals surface area (Å²) in [5, 5.41) is 0. The fourth-order valence-electron chi connectivity index (χ4n) is 7.10. The smallest absolute Gasteiger partial charge is 0.250 e. The number of nitrogens with two attached hydrogens (primary N) is 1. The normalized spacial score (nSPS) is 24.8. The summed E-state index contributed by atoms with van der Waals surface area (Å²) < 4.78 is 0. The molecule has 0 atom stereocenters. The van der Waals surface area contributed by atoms with Crippen molar-refractivity contribution in [2.75, 3.05) is 37.7 Å². The number of rotatable bonds is 12. The molecule has 1 aromatic carbocycles. The Morgan fingerprint density at radius 3 is 2.11 bits per heavy atom. The van der Waals surface area contributed by atoms with Crippen LogP contribution in [0.2, 0.25) is 0 Å². The largest absolute Gasteiger partial charge is 0.339 e. The minimum absolute atomic E-state index is 0.352. The van der Waals surface area contributed by atoms with Gasteiger partial charge >= 0.3 is 0 Å². The van der Waals surface area contributed by atoms with Crippen LogP contribution in [0.3, 0.4) is 0 Å². The molecule has 1 spiro atoms. The summed E-state index contributed by atoms with van der Waals surface area (Å²) in [7, 11) is 0. The van der Waals surface area contributed by atoms with Gasteiger partial charge in [-0.05, 0) is 81.9 Å². The zero-order valence-corrected chi connectivity index (χ0v) is 23.2. The molecule has 202 valence electrons. The zero-order valence-electron chi connectivity index (χ0n) is 23.2. The lowest BCUT2D eigenvalue weighted by molar-refractivity contribution is -0.134. The molecular formula is C31H52N4O. The maximum absolute atomic E-state index is 14.0. The molecule has 1 aliphatic carbocycles. The monoisotopic (exact) mass is 496 g/mol. The minimum atomic E-state index is -0.352. The molecule has 4 rings (SSSR count). The van der Waals surface area contributed by atoms with Gasteiger partial charge in [0.25, 0.3) is 0 Å². The van der Waals surface area contributed by atoms with Crippen LogP contribution < -0.4 is 10.6 Å². The second kappa shape index (κ2) is 13.3. The molecule has 3 aliphatic rings. The van der Waals surface area contributed by atoms with Crippen LogP contribution >= 0.6 is 0 Å². The van der Waals surface area contributed by atoms with Crippen LogP contribution in [0.1, 0.15) is 97.3 Å². The number of benzene rings is 1. The maximum Gasteiger partial charge on any atom is 0.250 e. The van der Waals surface area contributed by atoms with E-state index >= 15 is 0 Å². The molecule has 0 aromatic heterocycles. The molecule has 5 nitrogen and oxygen atoms in total. The van der Waals surface area contributed by atoms with E-state index < -0.39 is 0 Å². The number of nitrogens with zero attached hydrogens (tertiary/aromatic N) is 3. The molecule has 1 amide bonds. The fourth-order valence-corrected chi connectivity index (χ4v) is 7.10. The number of hydrogen-bond donors (Lipinski definition) is 1. The summed E-state index contributed by atoms with van der Waals surface area (Å²) in [6.07, 6.45) is 15.9. The van der Waals surface area contributed by atoms with Crippen molar-refractivity contribution < 1.29 is 4.79 Å². The fraction of sp³-hybridized carbons (Fsp3) is 0.774. The summed E-state index contributed by atoms with van der Waals surface area (Å²) in [5.41, 5.74) is 6.46. The summed E-state index contributed by atoms with van der Waals surface area (Å²) in [5.74, 6) is 2.10. The minimum Gasteiger partial charge on any atom is -0.339 e. The standard InChI is InChI=1S/C31H52N4O/c1-26(2)27-15-17-28(18-16-27)33-23-19-31(20-24-33)30(36)34(22-12-7-5-3-4-6-11-21-32)25-35(31)29-13-9-8-10-14-29/h8-10,13-14,26-28H,3-7,11-12,15-25,32H2,1-2H3/t27-,28+. The Hall–Kier alpha value is -1.59. The van der Waals surface area contributed by atoms with Gasteiger partial charge in [-0.2, -0.15) is 0 Å². The molecule has 2 heterocycles. The highest BCUT2D eigenvalue weighted by Gasteiger charge is 2.53. The summed E-state index contributed by atoms with van der Waals surface area (Å²) in [6.45, 7) is 9.34. The highest BCUT2D eigenvalue weighted by atomic mass is 16.2. The molecule has 0 unspecified atom stereocenters. The number of piperidine rings is 1. The van der Waals surface area contributed by atoms with E-state index in [0.29, 0.717) is 5.91 Å². The molecule has 1 aromatic rings. The quantitative estimate of drug-likeness (QED) is 0.359. The van der Waals surface area contributed by atoms with E-state index in [-0.39, 0.29) is 5.54 Å². The van der Waals surface area contributed by atoms with Gasteiger partial charge in [-0.25, -0.2) is 0 Å². The average Bonchev–Trinajstić information content (AvgIpc) is 3.17. The molecular weight excluding hydrogens is 444 g/mol. The van der Waals surface area contributed by atoms with Crippen molar-refractivity contribution in [1.82, 2.24) is 9.80 Å². The number of hydrogen-bond acceptors (Lipinski definition) is 4. The predicted octanol–water partition coefficient (Wildman–Crippen LogP) is 6.03. The predicted molar refractivity (Wildman–Crippen MR) is 151 cm³/mol. The third-order valence-electron chi connectivity index (χ3n) is 9.54. The van der Waals surface area contributed by atoms with Gasteiger partial charge in [0.15, 0.2) is 0 Å². The Labute approximate surface area is 220 Å². The van der Waals surface area contributed by atoms with Crippen molar-refractivity contribution in [1.29, 1.82) is 0 Å². The Bertz CT molecular complexity index is 781. The van der Waals surface area contributed by atoms with E-state index in [9.17, 15) is 4.79 Å². The number of likely N-dealkylation sites (tertiary alicyclic amines) is 1. The number of anilines is 1. The number of para-hydroxylation sites is 1. The van der Waals surface area contributed by atoms with Crippen LogP contribution in [0.15, 0.2) is 30.3 Å². The highest BCUT2D eigenvalue weighted by Crippen LogP contribution is 2.41. The van der Waals surface area contributed by atoms with Crippen LogP contribution in [-0.2, 0) is 4.79 Å². The molecule has 36 heavy (non-hydrogen) atoms. The van der Waals surface area contributed by atoms with Crippen LogP contribution in [0.25, 0.3) is 0 Å². The third-order valence-corrected chi connectivity index (χ3v) is 9.54. The van der Waals surface area contributed by atoms with E-state index in [1.807, 2.05) is 0 Å². The Balaban J connectivity index is 1.33. The van der Waals surface area contributed by atoms with Crippen molar-refractivity contribution in [3.63, 3.8) is 0 Å². The van der Waals surface area contributed by atoms with Crippen molar-refractivity contribution in [2.45, 2.75) is 109 Å². The van der Waals surface area contributed by atoms with Crippen LogP contribution in [0.4, 0.5) is 5.69 Å². The van der Waals surface area contributed by atoms with Crippen molar-refractivity contribution >= 4 is 11.6 Å². The number of carbonyl (C=O) groups excluding carboxylic acids is 1. The first-order valence-electron chi connectivity index (χ1n) is 15.1. The molecule has 3 fully saturated rings. The number of unbranched alkanes of at least 4 members (excludes halogenated alkanes) is 6. The maximum atomic E-state index is 14.0. The van der Waals surface area contributed by atoms with Crippen LogP contribution in [-0.4, -0.2) is 60.1 Å². The van der Waals surface area contributed by atoms with Gasteiger partial charge in [-0.3, -0.25) is 4.79 Å². The average molecular weight is 497 g/mol. The van der Waals surface area contributed by atoms with Gasteiger partial charge in [0.05, 0.1) is 6.67 Å². The lowest BCUT2D eigenvalue weighted by Crippen LogP contribution is -2.58. The second-order valence-corrected chi connectivity index (χ2v) is 12.1. The van der Waals surface area contributed by atoms with Gasteiger partial charge < -0.3 is 20.4 Å². The van der Waals surface area contributed by atoms with E-state index in [1.165, 1.54) is 63.5 Å². The van der Waals surface area contributed by atoms with E-state index in [1.54, 1.807) is 0 Å². The van der Waals surface area contributed by atoms with Gasteiger partial charge in [0.2, 0.25) is 5.91 Å². The van der Waals surface area contributed by atoms with Crippen molar-refractivity contribution in [2.24, 2.45) is 17.6 Å². The molecule has 2 saturated heterocycles. The number of amides is 1. The Kier molecular flexibility index (Phi) is 10.1. The topological polar surface area (TPSA) is 52.8 Å². The number of carbonyl (C=O) groups is 1. The molecule has 1 saturated carbocycles. The summed E-state index contributed by atoms with van der Waals surface area (Å²) >= 11 is 0. The summed E-state index contributed by atoms with van der Waals surface area (Å²) in [4.78, 5) is 21.3.